The van der Waals surface area contributed by atoms with Crippen molar-refractivity contribution in [3.05, 3.63) is 47.1 Å². The zero-order valence-electron chi connectivity index (χ0n) is 21.0. The number of benzene rings is 1. The van der Waals surface area contributed by atoms with Crippen LogP contribution in [0, 0.1) is 0 Å². The number of aliphatic hydroxyl groups is 2. The highest BCUT2D eigenvalue weighted by Gasteiger charge is 2.50. The molecule has 0 aliphatic carbocycles. The SMILES string of the molecule is Nc1ncnc2c1ncn2[C@@H]1O[C@H](OP(=O)(O)OP(=O)(O)OP(=O)(O)OCc2ccc3ccc(O)c(Br)c3n2)[C@@H](O)[C@H]1O. The monoisotopic (exact) mass is 728 g/mol. The van der Waals surface area contributed by atoms with Crippen LogP contribution in [-0.4, -0.2) is 73.0 Å². The Morgan fingerprint density at radius 1 is 0.953 bits per heavy atom. The fourth-order valence-electron chi connectivity index (χ4n) is 3.86. The van der Waals surface area contributed by atoms with E-state index >= 15 is 0 Å². The summed E-state index contributed by atoms with van der Waals surface area (Å²) in [5.41, 5.74) is 6.19. The number of nitrogen functional groups attached to an aromatic ring is 1. The van der Waals surface area contributed by atoms with E-state index < -0.39 is 54.8 Å². The number of aromatic nitrogens is 5. The van der Waals surface area contributed by atoms with E-state index in [0.29, 0.717) is 5.39 Å². The number of phosphoric ester groups is 2. The lowest BCUT2D eigenvalue weighted by Gasteiger charge is -2.21. The minimum Gasteiger partial charge on any atom is -0.507 e. The Balaban J connectivity index is 1.22. The lowest BCUT2D eigenvalue weighted by atomic mass is 10.2. The van der Waals surface area contributed by atoms with Crippen molar-refractivity contribution in [2.24, 2.45) is 0 Å². The number of aromatic hydroxyl groups is 1. The molecule has 4 heterocycles. The molecule has 232 valence electrons. The van der Waals surface area contributed by atoms with Crippen LogP contribution >= 0.6 is 39.4 Å². The van der Waals surface area contributed by atoms with Gasteiger partial charge in [0.2, 0.25) is 0 Å². The predicted molar refractivity (Wildman–Crippen MR) is 144 cm³/mol. The number of halogens is 1. The number of phosphoric acid groups is 3. The van der Waals surface area contributed by atoms with Gasteiger partial charge in [-0.25, -0.2) is 33.6 Å². The molecule has 7 atom stereocenters. The molecule has 3 aromatic heterocycles. The summed E-state index contributed by atoms with van der Waals surface area (Å²) in [6.45, 7) is -0.750. The van der Waals surface area contributed by atoms with Crippen molar-refractivity contribution in [2.75, 3.05) is 5.73 Å². The third-order valence-electron chi connectivity index (χ3n) is 5.72. The number of nitrogens with zero attached hydrogens (tertiary/aromatic N) is 5. The molecule has 1 aromatic carbocycles. The molecule has 1 aliphatic heterocycles. The number of aliphatic hydroxyl groups excluding tert-OH is 2. The Bertz CT molecular complexity index is 1850. The van der Waals surface area contributed by atoms with Crippen LogP contribution in [0.4, 0.5) is 5.82 Å². The molecular formula is C19H20BrN6O14P3. The van der Waals surface area contributed by atoms with Gasteiger partial charge in [0, 0.05) is 5.39 Å². The first-order valence-electron chi connectivity index (χ1n) is 11.5. The van der Waals surface area contributed by atoms with Crippen molar-refractivity contribution in [1.82, 2.24) is 24.5 Å². The smallest absolute Gasteiger partial charge is 0.490 e. The maximum Gasteiger partial charge on any atom is 0.490 e. The number of hydrogen-bond acceptors (Lipinski definition) is 16. The summed E-state index contributed by atoms with van der Waals surface area (Å²) < 4.78 is 61.0. The molecule has 1 aliphatic rings. The summed E-state index contributed by atoms with van der Waals surface area (Å²) in [4.78, 5) is 45.6. The third-order valence-corrected chi connectivity index (χ3v) is 10.7. The van der Waals surface area contributed by atoms with Crippen molar-refractivity contribution in [3.8, 4) is 5.75 Å². The second kappa shape index (κ2) is 11.8. The molecule has 24 heteroatoms. The van der Waals surface area contributed by atoms with Gasteiger partial charge in [0.1, 0.15) is 36.4 Å². The fraction of sp³-hybridized carbons (Fsp3) is 0.263. The second-order valence-electron chi connectivity index (χ2n) is 8.68. The first kappa shape index (κ1) is 32.0. The summed E-state index contributed by atoms with van der Waals surface area (Å²) >= 11 is 3.15. The van der Waals surface area contributed by atoms with Crippen LogP contribution in [0.2, 0.25) is 0 Å². The first-order valence-corrected chi connectivity index (χ1v) is 16.8. The number of phenolic OH excluding ortho intramolecular Hbond substituents is 1. The summed E-state index contributed by atoms with van der Waals surface area (Å²) in [5.74, 6) is -0.137. The Labute approximate surface area is 247 Å². The van der Waals surface area contributed by atoms with Gasteiger partial charge in [0.05, 0.1) is 22.0 Å². The molecule has 20 nitrogen and oxygen atoms in total. The summed E-state index contributed by atoms with van der Waals surface area (Å²) in [5, 5.41) is 31.1. The molecule has 0 spiro atoms. The zero-order valence-corrected chi connectivity index (χ0v) is 25.2. The number of rotatable bonds is 10. The molecular weight excluding hydrogens is 709 g/mol. The standard InChI is InChI=1S/C19H20BrN6O14P3/c20-11-10(27)4-2-8-1-3-9(25-12(8)11)5-36-41(30,31)39-43(34,35)40-42(32,33)38-19-15(29)14(28)18(37-19)26-7-24-13-16(21)22-6-23-17(13)26/h1-4,6-7,14-15,18-19,27-29H,5H2,(H,30,31)(H,32,33)(H,34,35)(H2,21,22,23)/t14-,15+,18-,19-/m1/s1. The van der Waals surface area contributed by atoms with E-state index in [2.05, 4.69) is 53.5 Å². The number of pyridine rings is 1. The summed E-state index contributed by atoms with van der Waals surface area (Å²) in [6, 6.07) is 5.91. The highest BCUT2D eigenvalue weighted by atomic mass is 79.9. The highest BCUT2D eigenvalue weighted by molar-refractivity contribution is 9.10. The summed E-state index contributed by atoms with van der Waals surface area (Å²) in [7, 11) is -17.1. The summed E-state index contributed by atoms with van der Waals surface area (Å²) in [6.07, 6.45) is -5.26. The lowest BCUT2D eigenvalue weighted by molar-refractivity contribution is -0.133. The van der Waals surface area contributed by atoms with Gasteiger partial charge in [0.15, 0.2) is 24.0 Å². The van der Waals surface area contributed by atoms with E-state index in [4.69, 9.17) is 10.5 Å². The van der Waals surface area contributed by atoms with Gasteiger partial charge >= 0.3 is 23.5 Å². The van der Waals surface area contributed by atoms with Gasteiger partial charge in [-0.2, -0.15) is 8.62 Å². The van der Waals surface area contributed by atoms with E-state index in [-0.39, 0.29) is 38.4 Å². The number of anilines is 1. The van der Waals surface area contributed by atoms with Gasteiger partial charge in [-0.05, 0) is 34.1 Å². The molecule has 8 N–H and O–H groups in total. The quantitative estimate of drug-likeness (QED) is 0.114. The number of ether oxygens (including phenoxy) is 1. The van der Waals surface area contributed by atoms with E-state index in [1.165, 1.54) is 12.1 Å². The van der Waals surface area contributed by atoms with Crippen LogP contribution in [0.1, 0.15) is 11.9 Å². The van der Waals surface area contributed by atoms with E-state index in [0.717, 1.165) is 17.2 Å². The average Bonchev–Trinajstić information content (AvgIpc) is 3.45. The third kappa shape index (κ3) is 6.95. The van der Waals surface area contributed by atoms with Crippen LogP contribution in [0.5, 0.6) is 5.75 Å². The molecule has 0 amide bonds. The molecule has 43 heavy (non-hydrogen) atoms. The Morgan fingerprint density at radius 3 is 2.40 bits per heavy atom. The second-order valence-corrected chi connectivity index (χ2v) is 14.1. The normalized spacial score (nSPS) is 25.0. The van der Waals surface area contributed by atoms with Crippen LogP contribution in [-0.2, 0) is 42.7 Å². The minimum absolute atomic E-state index is 0.0106. The van der Waals surface area contributed by atoms with Crippen molar-refractivity contribution < 1.29 is 66.1 Å². The highest BCUT2D eigenvalue weighted by Crippen LogP contribution is 2.68. The number of hydrogen-bond donors (Lipinski definition) is 7. The minimum atomic E-state index is -5.89. The van der Waals surface area contributed by atoms with Crippen LogP contribution in [0.15, 0.2) is 41.4 Å². The zero-order chi connectivity index (χ0) is 31.3. The lowest BCUT2D eigenvalue weighted by Crippen LogP contribution is -2.32. The van der Waals surface area contributed by atoms with E-state index in [1.54, 1.807) is 12.1 Å². The largest absolute Gasteiger partial charge is 0.507 e. The van der Waals surface area contributed by atoms with Crippen LogP contribution in [0.3, 0.4) is 0 Å². The Hall–Kier alpha value is -2.45. The Kier molecular flexibility index (Phi) is 8.78. The molecule has 3 unspecified atom stereocenters. The van der Waals surface area contributed by atoms with Gasteiger partial charge in [-0.1, -0.05) is 6.07 Å². The van der Waals surface area contributed by atoms with Crippen LogP contribution < -0.4 is 5.73 Å². The van der Waals surface area contributed by atoms with E-state index in [9.17, 15) is 43.7 Å². The Morgan fingerprint density at radius 2 is 1.65 bits per heavy atom. The van der Waals surface area contributed by atoms with Gasteiger partial charge in [-0.15, -0.1) is 0 Å². The topological polar surface area (TPSA) is 301 Å². The molecule has 5 rings (SSSR count). The average molecular weight is 729 g/mol. The van der Waals surface area contributed by atoms with Gasteiger partial charge in [-0.3, -0.25) is 13.6 Å². The molecule has 1 fully saturated rings. The van der Waals surface area contributed by atoms with Gasteiger partial charge in [0.25, 0.3) is 0 Å². The van der Waals surface area contributed by atoms with Crippen molar-refractivity contribution >= 4 is 67.3 Å². The molecule has 0 radical (unpaired) electrons. The van der Waals surface area contributed by atoms with E-state index in [1.807, 2.05) is 0 Å². The molecule has 1 saturated heterocycles. The fourth-order valence-corrected chi connectivity index (χ4v) is 7.86. The number of phenols is 1. The van der Waals surface area contributed by atoms with Crippen molar-refractivity contribution in [2.45, 2.75) is 31.3 Å². The maximum atomic E-state index is 12.5. The van der Waals surface area contributed by atoms with Crippen molar-refractivity contribution in [3.63, 3.8) is 0 Å². The van der Waals surface area contributed by atoms with Crippen molar-refractivity contribution in [1.29, 1.82) is 0 Å². The number of nitrogens with two attached hydrogens (primary N) is 1. The van der Waals surface area contributed by atoms with Crippen LogP contribution in [0.25, 0.3) is 22.1 Å². The van der Waals surface area contributed by atoms with Gasteiger partial charge < -0.3 is 40.5 Å². The molecule has 0 saturated carbocycles. The number of fused-ring (bicyclic) bond motifs is 2. The number of imidazole rings is 1. The maximum absolute atomic E-state index is 12.5. The predicted octanol–water partition coefficient (Wildman–Crippen LogP) is 1.57. The first-order chi connectivity index (χ1) is 20.1. The molecule has 4 aromatic rings. The molecule has 0 bridgehead atoms.